The average Bonchev–Trinajstić information content (AvgIpc) is 2.87. The Kier molecular flexibility index (Phi) is 4.40. The predicted molar refractivity (Wildman–Crippen MR) is 96.6 cm³/mol. The van der Waals surface area contributed by atoms with Gasteiger partial charge in [-0.3, -0.25) is 9.59 Å². The number of fused-ring (bicyclic) bond motifs is 1. The molecule has 128 valence electrons. The van der Waals surface area contributed by atoms with E-state index in [4.69, 9.17) is 4.74 Å². The lowest BCUT2D eigenvalue weighted by molar-refractivity contribution is 0.0917. The fourth-order valence-electron chi connectivity index (χ4n) is 3.11. The normalized spacial score (nSPS) is 10.9. The van der Waals surface area contributed by atoms with Crippen molar-refractivity contribution in [3.63, 3.8) is 0 Å². The van der Waals surface area contributed by atoms with Crippen LogP contribution in [0.2, 0.25) is 0 Å². The van der Waals surface area contributed by atoms with Gasteiger partial charge in [0.05, 0.1) is 5.69 Å². The standard InChI is InChI=1S/C20H20N2O3/c1-11-8-9-15-6-5-7-17(20(15)21-11)25-10-16(24)19-12(2)18(14(4)23)13(3)22-19/h5-9,22H,10H2,1-4H3. The molecule has 0 saturated heterocycles. The second kappa shape index (κ2) is 6.51. The molecule has 0 fully saturated rings. The highest BCUT2D eigenvalue weighted by Gasteiger charge is 2.20. The average molecular weight is 336 g/mol. The number of Topliss-reactive ketones (excluding diaryl/α,β-unsaturated/α-hetero) is 2. The van der Waals surface area contributed by atoms with Crippen molar-refractivity contribution in [1.29, 1.82) is 0 Å². The van der Waals surface area contributed by atoms with Crippen molar-refractivity contribution in [2.24, 2.45) is 0 Å². The molecule has 0 aliphatic heterocycles. The molecule has 5 heteroatoms. The van der Waals surface area contributed by atoms with E-state index >= 15 is 0 Å². The molecule has 0 spiro atoms. The summed E-state index contributed by atoms with van der Waals surface area (Å²) in [6.07, 6.45) is 0. The Morgan fingerprint density at radius 2 is 1.88 bits per heavy atom. The van der Waals surface area contributed by atoms with E-state index in [-0.39, 0.29) is 18.2 Å². The Bertz CT molecular complexity index is 986. The summed E-state index contributed by atoms with van der Waals surface area (Å²) in [4.78, 5) is 31.8. The lowest BCUT2D eigenvalue weighted by Crippen LogP contribution is -2.13. The third kappa shape index (κ3) is 3.18. The molecule has 0 radical (unpaired) electrons. The Morgan fingerprint density at radius 3 is 2.56 bits per heavy atom. The number of aromatic nitrogens is 2. The molecular formula is C20H20N2O3. The number of benzene rings is 1. The van der Waals surface area contributed by atoms with Crippen LogP contribution in [0.5, 0.6) is 5.75 Å². The van der Waals surface area contributed by atoms with E-state index in [0.717, 1.165) is 16.6 Å². The van der Waals surface area contributed by atoms with Crippen LogP contribution in [-0.4, -0.2) is 28.1 Å². The minimum absolute atomic E-state index is 0.0556. The zero-order valence-corrected chi connectivity index (χ0v) is 14.8. The van der Waals surface area contributed by atoms with Crippen LogP contribution in [0.3, 0.4) is 0 Å². The number of carbonyl (C=O) groups is 2. The van der Waals surface area contributed by atoms with Crippen molar-refractivity contribution in [2.45, 2.75) is 27.7 Å². The minimum Gasteiger partial charge on any atom is -0.483 e. The summed E-state index contributed by atoms with van der Waals surface area (Å²) in [5.74, 6) is 0.319. The first-order valence-corrected chi connectivity index (χ1v) is 8.11. The number of hydrogen-bond acceptors (Lipinski definition) is 4. The molecule has 0 aliphatic rings. The van der Waals surface area contributed by atoms with Crippen LogP contribution in [-0.2, 0) is 0 Å². The molecule has 0 bridgehead atoms. The number of hydrogen-bond donors (Lipinski definition) is 1. The van der Waals surface area contributed by atoms with Gasteiger partial charge in [-0.1, -0.05) is 18.2 Å². The number of aryl methyl sites for hydroxylation is 2. The predicted octanol–water partition coefficient (Wildman–Crippen LogP) is 3.95. The topological polar surface area (TPSA) is 72.0 Å². The van der Waals surface area contributed by atoms with E-state index in [0.29, 0.717) is 28.3 Å². The second-order valence-corrected chi connectivity index (χ2v) is 6.17. The van der Waals surface area contributed by atoms with Gasteiger partial charge in [0.25, 0.3) is 0 Å². The molecule has 5 nitrogen and oxygen atoms in total. The maximum Gasteiger partial charge on any atom is 0.216 e. The Hall–Kier alpha value is -2.95. The number of para-hydroxylation sites is 1. The number of nitrogens with zero attached hydrogens (tertiary/aromatic N) is 1. The number of pyridine rings is 1. The van der Waals surface area contributed by atoms with E-state index in [1.54, 1.807) is 19.9 Å². The van der Waals surface area contributed by atoms with E-state index < -0.39 is 0 Å². The first kappa shape index (κ1) is 16.9. The molecule has 2 aromatic heterocycles. The molecule has 1 N–H and O–H groups in total. The molecule has 0 saturated carbocycles. The van der Waals surface area contributed by atoms with Crippen molar-refractivity contribution in [3.05, 3.63) is 58.5 Å². The van der Waals surface area contributed by atoms with Gasteiger partial charge in [-0.05, 0) is 45.4 Å². The number of ether oxygens (including phenoxy) is 1. The van der Waals surface area contributed by atoms with Crippen LogP contribution in [0.15, 0.2) is 30.3 Å². The van der Waals surface area contributed by atoms with Gasteiger partial charge >= 0.3 is 0 Å². The van der Waals surface area contributed by atoms with E-state index in [9.17, 15) is 9.59 Å². The summed E-state index contributed by atoms with van der Waals surface area (Å²) < 4.78 is 5.74. The lowest BCUT2D eigenvalue weighted by Gasteiger charge is -2.08. The zero-order chi connectivity index (χ0) is 18.1. The van der Waals surface area contributed by atoms with Crippen molar-refractivity contribution in [3.8, 4) is 5.75 Å². The number of nitrogens with one attached hydrogen (secondary N) is 1. The molecule has 3 aromatic rings. The lowest BCUT2D eigenvalue weighted by atomic mass is 10.1. The van der Waals surface area contributed by atoms with Gasteiger partial charge in [-0.25, -0.2) is 4.98 Å². The second-order valence-electron chi connectivity index (χ2n) is 6.17. The molecule has 3 rings (SSSR count). The SMILES string of the molecule is CC(=O)c1c(C)[nH]c(C(=O)COc2cccc3ccc(C)nc23)c1C. The monoisotopic (exact) mass is 336 g/mol. The van der Waals surface area contributed by atoms with E-state index in [2.05, 4.69) is 9.97 Å². The fourth-order valence-corrected chi connectivity index (χ4v) is 3.11. The molecule has 1 aromatic carbocycles. The smallest absolute Gasteiger partial charge is 0.216 e. The molecule has 25 heavy (non-hydrogen) atoms. The van der Waals surface area contributed by atoms with Gasteiger partial charge in [0.1, 0.15) is 11.3 Å². The van der Waals surface area contributed by atoms with Crippen LogP contribution >= 0.6 is 0 Å². The van der Waals surface area contributed by atoms with Crippen LogP contribution in [0, 0.1) is 20.8 Å². The summed E-state index contributed by atoms with van der Waals surface area (Å²) in [6.45, 7) is 6.86. The van der Waals surface area contributed by atoms with Gasteiger partial charge in [0, 0.05) is 22.3 Å². The van der Waals surface area contributed by atoms with Gasteiger partial charge in [0.2, 0.25) is 5.78 Å². The van der Waals surface area contributed by atoms with Gasteiger partial charge < -0.3 is 9.72 Å². The van der Waals surface area contributed by atoms with Crippen molar-refractivity contribution >= 4 is 22.5 Å². The first-order valence-electron chi connectivity index (χ1n) is 8.11. The van der Waals surface area contributed by atoms with Crippen molar-refractivity contribution in [1.82, 2.24) is 9.97 Å². The maximum absolute atomic E-state index is 12.5. The Morgan fingerprint density at radius 1 is 1.12 bits per heavy atom. The molecule has 0 unspecified atom stereocenters. The van der Waals surface area contributed by atoms with Gasteiger partial charge in [-0.2, -0.15) is 0 Å². The maximum atomic E-state index is 12.5. The Labute approximate surface area is 146 Å². The molecule has 0 atom stereocenters. The largest absolute Gasteiger partial charge is 0.483 e. The third-order valence-corrected chi connectivity index (χ3v) is 4.25. The summed E-state index contributed by atoms with van der Waals surface area (Å²) >= 11 is 0. The van der Waals surface area contributed by atoms with Crippen molar-refractivity contribution < 1.29 is 14.3 Å². The molecule has 2 heterocycles. The van der Waals surface area contributed by atoms with E-state index in [1.807, 2.05) is 31.2 Å². The van der Waals surface area contributed by atoms with Crippen LogP contribution in [0.1, 0.15) is 44.7 Å². The zero-order valence-electron chi connectivity index (χ0n) is 14.8. The number of ketones is 2. The fraction of sp³-hybridized carbons (Fsp3) is 0.250. The van der Waals surface area contributed by atoms with Crippen LogP contribution < -0.4 is 4.74 Å². The van der Waals surface area contributed by atoms with E-state index in [1.165, 1.54) is 6.92 Å². The quantitative estimate of drug-likeness (QED) is 0.716. The summed E-state index contributed by atoms with van der Waals surface area (Å²) in [5, 5.41) is 0.960. The molecular weight excluding hydrogens is 316 g/mol. The third-order valence-electron chi connectivity index (χ3n) is 4.25. The highest BCUT2D eigenvalue weighted by Crippen LogP contribution is 2.25. The highest BCUT2D eigenvalue weighted by molar-refractivity contribution is 6.03. The minimum atomic E-state index is -0.197. The highest BCUT2D eigenvalue weighted by atomic mass is 16.5. The van der Waals surface area contributed by atoms with Crippen LogP contribution in [0.25, 0.3) is 10.9 Å². The van der Waals surface area contributed by atoms with Gasteiger partial charge in [-0.15, -0.1) is 0 Å². The Balaban J connectivity index is 1.85. The molecule has 0 amide bonds. The number of H-pyrrole nitrogens is 1. The summed E-state index contributed by atoms with van der Waals surface area (Å²) in [5.41, 5.74) is 4.00. The summed E-state index contributed by atoms with van der Waals surface area (Å²) in [6, 6.07) is 9.54. The van der Waals surface area contributed by atoms with Crippen LogP contribution in [0.4, 0.5) is 0 Å². The number of aromatic amines is 1. The van der Waals surface area contributed by atoms with Gasteiger partial charge in [0.15, 0.2) is 12.4 Å². The van der Waals surface area contributed by atoms with Crippen molar-refractivity contribution in [2.75, 3.05) is 6.61 Å². The first-order chi connectivity index (χ1) is 11.9. The number of carbonyl (C=O) groups excluding carboxylic acids is 2. The number of rotatable bonds is 5. The molecule has 0 aliphatic carbocycles. The summed E-state index contributed by atoms with van der Waals surface area (Å²) in [7, 11) is 0.